The maximum Gasteiger partial charge on any atom is 0.301 e. The van der Waals surface area contributed by atoms with E-state index in [1.54, 1.807) is 13.8 Å². The molecule has 1 aromatic carbocycles. The topological polar surface area (TPSA) is 69.6 Å². The van der Waals surface area contributed by atoms with Crippen LogP contribution in [0.5, 0.6) is 5.75 Å². The zero-order chi connectivity index (χ0) is 13.2. The third kappa shape index (κ3) is 3.49. The Labute approximate surface area is 106 Å². The molecule has 0 saturated carbocycles. The first-order valence-corrected chi connectivity index (χ1v) is 6.80. The SMILES string of the molecule is CC(C)N(C)S(=O)(=O)Nc1ccc(Cl)c(O)c1. The van der Waals surface area contributed by atoms with E-state index in [-0.39, 0.29) is 22.5 Å². The molecular weight excluding hydrogens is 264 g/mol. The summed E-state index contributed by atoms with van der Waals surface area (Å²) in [5.74, 6) is -0.168. The summed E-state index contributed by atoms with van der Waals surface area (Å²) in [6.45, 7) is 3.52. The molecule has 1 rings (SSSR count). The highest BCUT2D eigenvalue weighted by atomic mass is 35.5. The molecule has 0 unspecified atom stereocenters. The molecule has 0 atom stereocenters. The van der Waals surface area contributed by atoms with E-state index in [0.717, 1.165) is 0 Å². The largest absolute Gasteiger partial charge is 0.506 e. The molecule has 0 aromatic heterocycles. The molecule has 0 spiro atoms. The van der Waals surface area contributed by atoms with E-state index in [1.165, 1.54) is 29.6 Å². The lowest BCUT2D eigenvalue weighted by atomic mass is 10.3. The van der Waals surface area contributed by atoms with E-state index in [1.807, 2.05) is 0 Å². The fourth-order valence-electron chi connectivity index (χ4n) is 1.07. The quantitative estimate of drug-likeness (QED) is 0.885. The highest BCUT2D eigenvalue weighted by molar-refractivity contribution is 7.90. The predicted molar refractivity (Wildman–Crippen MR) is 68.6 cm³/mol. The number of nitrogens with zero attached hydrogens (tertiary/aromatic N) is 1. The molecule has 7 heteroatoms. The number of hydrogen-bond acceptors (Lipinski definition) is 3. The van der Waals surface area contributed by atoms with Crippen molar-refractivity contribution >= 4 is 27.5 Å². The molecule has 0 saturated heterocycles. The van der Waals surface area contributed by atoms with Crippen LogP contribution in [0.15, 0.2) is 18.2 Å². The van der Waals surface area contributed by atoms with Crippen LogP contribution >= 0.6 is 11.6 Å². The van der Waals surface area contributed by atoms with Gasteiger partial charge in [-0.3, -0.25) is 4.72 Å². The average Bonchev–Trinajstić information content (AvgIpc) is 2.22. The number of rotatable bonds is 4. The molecule has 5 nitrogen and oxygen atoms in total. The minimum atomic E-state index is -3.61. The first-order chi connectivity index (χ1) is 7.74. The van der Waals surface area contributed by atoms with Crippen molar-refractivity contribution in [3.05, 3.63) is 23.2 Å². The van der Waals surface area contributed by atoms with E-state index in [0.29, 0.717) is 0 Å². The van der Waals surface area contributed by atoms with Gasteiger partial charge in [0, 0.05) is 19.2 Å². The molecule has 0 heterocycles. The van der Waals surface area contributed by atoms with Gasteiger partial charge in [-0.15, -0.1) is 0 Å². The lowest BCUT2D eigenvalue weighted by Gasteiger charge is -2.21. The molecule has 0 aliphatic carbocycles. The molecule has 0 radical (unpaired) electrons. The van der Waals surface area contributed by atoms with Crippen LogP contribution < -0.4 is 4.72 Å². The Balaban J connectivity index is 2.94. The predicted octanol–water partition coefficient (Wildman–Crippen LogP) is 2.04. The fraction of sp³-hybridized carbons (Fsp3) is 0.400. The van der Waals surface area contributed by atoms with Crippen LogP contribution in [0, 0.1) is 0 Å². The standard InChI is InChI=1S/C10H15ClN2O3S/c1-7(2)13(3)17(15,16)12-8-4-5-9(11)10(14)6-8/h4-7,12,14H,1-3H3. The summed E-state index contributed by atoms with van der Waals surface area (Å²) in [6.07, 6.45) is 0. The van der Waals surface area contributed by atoms with Gasteiger partial charge in [0.15, 0.2) is 0 Å². The molecule has 0 aliphatic heterocycles. The van der Waals surface area contributed by atoms with Gasteiger partial charge >= 0.3 is 10.2 Å². The first-order valence-electron chi connectivity index (χ1n) is 4.98. The summed E-state index contributed by atoms with van der Waals surface area (Å²) in [7, 11) is -2.14. The summed E-state index contributed by atoms with van der Waals surface area (Å²) in [5.41, 5.74) is 0.263. The first kappa shape index (κ1) is 14.1. The molecule has 17 heavy (non-hydrogen) atoms. The highest BCUT2D eigenvalue weighted by Gasteiger charge is 2.20. The molecule has 96 valence electrons. The van der Waals surface area contributed by atoms with Crippen molar-refractivity contribution in [3.8, 4) is 5.75 Å². The van der Waals surface area contributed by atoms with Crippen LogP contribution in [0.4, 0.5) is 5.69 Å². The van der Waals surface area contributed by atoms with Gasteiger partial charge in [-0.1, -0.05) is 11.6 Å². The maximum atomic E-state index is 11.8. The lowest BCUT2D eigenvalue weighted by Crippen LogP contribution is -2.37. The number of nitrogens with one attached hydrogen (secondary N) is 1. The average molecular weight is 279 g/mol. The van der Waals surface area contributed by atoms with Crippen molar-refractivity contribution in [3.63, 3.8) is 0 Å². The van der Waals surface area contributed by atoms with Crippen molar-refractivity contribution in [1.29, 1.82) is 0 Å². The smallest absolute Gasteiger partial charge is 0.301 e. The van der Waals surface area contributed by atoms with Gasteiger partial charge in [-0.2, -0.15) is 12.7 Å². The van der Waals surface area contributed by atoms with Crippen molar-refractivity contribution in [1.82, 2.24) is 4.31 Å². The van der Waals surface area contributed by atoms with Gasteiger partial charge in [0.2, 0.25) is 0 Å². The Hall–Kier alpha value is -0.980. The number of phenols is 1. The molecule has 2 N–H and O–H groups in total. The van der Waals surface area contributed by atoms with Crippen LogP contribution in [0.2, 0.25) is 5.02 Å². The van der Waals surface area contributed by atoms with Gasteiger partial charge in [0.1, 0.15) is 5.75 Å². The van der Waals surface area contributed by atoms with Crippen molar-refractivity contribution in [2.75, 3.05) is 11.8 Å². The van der Waals surface area contributed by atoms with Crippen molar-refractivity contribution in [2.24, 2.45) is 0 Å². The van der Waals surface area contributed by atoms with Crippen molar-refractivity contribution < 1.29 is 13.5 Å². The van der Waals surface area contributed by atoms with Gasteiger partial charge < -0.3 is 5.11 Å². The number of phenolic OH excluding ortho intramolecular Hbond substituents is 1. The monoisotopic (exact) mass is 278 g/mol. The van der Waals surface area contributed by atoms with Crippen LogP contribution in [-0.2, 0) is 10.2 Å². The van der Waals surface area contributed by atoms with Crippen LogP contribution in [0.1, 0.15) is 13.8 Å². The Morgan fingerprint density at radius 1 is 1.41 bits per heavy atom. The zero-order valence-electron chi connectivity index (χ0n) is 9.81. The number of aromatic hydroxyl groups is 1. The Morgan fingerprint density at radius 2 is 2.00 bits per heavy atom. The number of benzene rings is 1. The lowest BCUT2D eigenvalue weighted by molar-refractivity contribution is 0.414. The van der Waals surface area contributed by atoms with Gasteiger partial charge in [-0.25, -0.2) is 0 Å². The van der Waals surface area contributed by atoms with Crippen LogP contribution in [0.25, 0.3) is 0 Å². The number of halogens is 1. The van der Waals surface area contributed by atoms with Gasteiger partial charge in [0.25, 0.3) is 0 Å². The molecule has 0 fully saturated rings. The summed E-state index contributed by atoms with van der Waals surface area (Å²) in [5, 5.41) is 9.54. The summed E-state index contributed by atoms with van der Waals surface area (Å²) in [4.78, 5) is 0. The summed E-state index contributed by atoms with van der Waals surface area (Å²) >= 11 is 5.63. The van der Waals surface area contributed by atoms with Crippen molar-refractivity contribution in [2.45, 2.75) is 19.9 Å². The van der Waals surface area contributed by atoms with Gasteiger partial charge in [-0.05, 0) is 26.0 Å². The summed E-state index contributed by atoms with van der Waals surface area (Å²) < 4.78 is 27.2. The number of hydrogen-bond donors (Lipinski definition) is 2. The van der Waals surface area contributed by atoms with E-state index < -0.39 is 10.2 Å². The minimum absolute atomic E-state index is 0.159. The van der Waals surface area contributed by atoms with E-state index in [2.05, 4.69) is 4.72 Å². The minimum Gasteiger partial charge on any atom is -0.506 e. The normalized spacial score (nSPS) is 12.1. The Morgan fingerprint density at radius 3 is 2.47 bits per heavy atom. The van der Waals surface area contributed by atoms with Gasteiger partial charge in [0.05, 0.1) is 10.7 Å². The Kier molecular flexibility index (Phi) is 4.24. The molecular formula is C10H15ClN2O3S. The highest BCUT2D eigenvalue weighted by Crippen LogP contribution is 2.26. The maximum absolute atomic E-state index is 11.8. The third-order valence-corrected chi connectivity index (χ3v) is 4.29. The molecule has 1 aromatic rings. The van der Waals surface area contributed by atoms with Crippen LogP contribution in [0.3, 0.4) is 0 Å². The molecule has 0 bridgehead atoms. The molecule has 0 amide bonds. The molecule has 0 aliphatic rings. The fourth-order valence-corrected chi connectivity index (χ4v) is 2.32. The second kappa shape index (κ2) is 5.12. The van der Waals surface area contributed by atoms with E-state index in [9.17, 15) is 13.5 Å². The second-order valence-electron chi connectivity index (χ2n) is 3.88. The second-order valence-corrected chi connectivity index (χ2v) is 6.02. The third-order valence-electron chi connectivity index (χ3n) is 2.30. The number of anilines is 1. The van der Waals surface area contributed by atoms with E-state index >= 15 is 0 Å². The zero-order valence-corrected chi connectivity index (χ0v) is 11.4. The Bertz CT molecular complexity index is 502. The van der Waals surface area contributed by atoms with Crippen LogP contribution in [-0.4, -0.2) is 30.9 Å². The van der Waals surface area contributed by atoms with E-state index in [4.69, 9.17) is 11.6 Å². The summed E-state index contributed by atoms with van der Waals surface area (Å²) in [6, 6.07) is 4.00.